The van der Waals surface area contributed by atoms with Gasteiger partial charge in [0.25, 0.3) is 0 Å². The SMILES string of the molecule is Cc1[nH]cnc(=S)c1Cl.Oc1ccc(Cl)c2ccccc12. The minimum atomic E-state index is 0.273. The highest BCUT2D eigenvalue weighted by Gasteiger charge is 2.01. The van der Waals surface area contributed by atoms with Gasteiger partial charge in [0.15, 0.2) is 0 Å². The molecule has 6 heteroatoms. The Labute approximate surface area is 137 Å². The first-order valence-corrected chi connectivity index (χ1v) is 7.23. The average Bonchev–Trinajstić information content (AvgIpc) is 2.50. The molecule has 2 aromatic carbocycles. The van der Waals surface area contributed by atoms with Crippen LogP contribution in [-0.4, -0.2) is 15.1 Å². The first-order chi connectivity index (χ1) is 10.0. The summed E-state index contributed by atoms with van der Waals surface area (Å²) in [4.78, 5) is 6.60. The quantitative estimate of drug-likeness (QED) is 0.547. The minimum Gasteiger partial charge on any atom is -0.507 e. The number of aromatic nitrogens is 2. The van der Waals surface area contributed by atoms with Crippen LogP contribution < -0.4 is 0 Å². The van der Waals surface area contributed by atoms with Crippen LogP contribution in [0.4, 0.5) is 0 Å². The molecule has 0 atom stereocenters. The number of halogens is 2. The monoisotopic (exact) mass is 338 g/mol. The molecule has 21 heavy (non-hydrogen) atoms. The van der Waals surface area contributed by atoms with Crippen LogP contribution in [-0.2, 0) is 0 Å². The van der Waals surface area contributed by atoms with Crippen molar-refractivity contribution in [3.05, 3.63) is 63.1 Å². The van der Waals surface area contributed by atoms with E-state index in [2.05, 4.69) is 9.97 Å². The second-order valence-corrected chi connectivity index (χ2v) is 5.43. The molecule has 0 aliphatic heterocycles. The van der Waals surface area contributed by atoms with Gasteiger partial charge in [-0.05, 0) is 19.1 Å². The highest BCUT2D eigenvalue weighted by Crippen LogP contribution is 2.29. The van der Waals surface area contributed by atoms with Crippen molar-refractivity contribution in [1.82, 2.24) is 9.97 Å². The molecule has 3 nitrogen and oxygen atoms in total. The standard InChI is InChI=1S/C10H7ClO.C5H5ClN2S/c11-9-5-6-10(12)8-4-2-1-3-7(8)9;1-3-4(6)5(9)8-2-7-3/h1-6,12H;2H,1H3,(H,7,8,9). The van der Waals surface area contributed by atoms with Crippen LogP contribution in [0, 0.1) is 11.6 Å². The second kappa shape index (κ2) is 6.89. The van der Waals surface area contributed by atoms with Gasteiger partial charge in [-0.2, -0.15) is 0 Å². The van der Waals surface area contributed by atoms with Crippen LogP contribution in [0.2, 0.25) is 10.0 Å². The highest BCUT2D eigenvalue weighted by atomic mass is 35.5. The van der Waals surface area contributed by atoms with Gasteiger partial charge in [-0.15, -0.1) is 0 Å². The molecule has 0 saturated heterocycles. The Morgan fingerprint density at radius 3 is 2.33 bits per heavy atom. The zero-order chi connectivity index (χ0) is 15.4. The zero-order valence-electron chi connectivity index (χ0n) is 11.1. The third kappa shape index (κ3) is 3.73. The van der Waals surface area contributed by atoms with Crippen molar-refractivity contribution in [3.8, 4) is 5.75 Å². The molecule has 0 unspecified atom stereocenters. The van der Waals surface area contributed by atoms with E-state index in [0.29, 0.717) is 14.7 Å². The van der Waals surface area contributed by atoms with Gasteiger partial charge < -0.3 is 10.1 Å². The zero-order valence-corrected chi connectivity index (χ0v) is 13.4. The van der Waals surface area contributed by atoms with E-state index in [1.54, 1.807) is 12.1 Å². The number of benzene rings is 2. The van der Waals surface area contributed by atoms with Gasteiger partial charge >= 0.3 is 0 Å². The topological polar surface area (TPSA) is 48.9 Å². The number of phenols is 1. The number of nitrogens with one attached hydrogen (secondary N) is 1. The Morgan fingerprint density at radius 2 is 1.76 bits per heavy atom. The summed E-state index contributed by atoms with van der Waals surface area (Å²) < 4.78 is 0.452. The van der Waals surface area contributed by atoms with Crippen LogP contribution in [0.25, 0.3) is 10.8 Å². The van der Waals surface area contributed by atoms with E-state index in [1.165, 1.54) is 6.33 Å². The molecule has 3 rings (SSSR count). The number of rotatable bonds is 0. The Balaban J connectivity index is 0.000000161. The number of aryl methyl sites for hydroxylation is 1. The fraction of sp³-hybridized carbons (Fsp3) is 0.0667. The predicted molar refractivity (Wildman–Crippen MR) is 89.8 cm³/mol. The third-order valence-corrected chi connectivity index (χ3v) is 4.04. The Hall–Kier alpha value is -1.62. The number of H-pyrrole nitrogens is 1. The van der Waals surface area contributed by atoms with Gasteiger partial charge in [0.05, 0.1) is 11.3 Å². The van der Waals surface area contributed by atoms with Crippen molar-refractivity contribution in [2.24, 2.45) is 0 Å². The number of hydrogen-bond acceptors (Lipinski definition) is 3. The summed E-state index contributed by atoms with van der Waals surface area (Å²) >= 11 is 16.4. The first-order valence-electron chi connectivity index (χ1n) is 6.06. The third-order valence-electron chi connectivity index (χ3n) is 2.83. The molecule has 0 aliphatic rings. The average molecular weight is 339 g/mol. The minimum absolute atomic E-state index is 0.273. The highest BCUT2D eigenvalue weighted by molar-refractivity contribution is 7.71. The maximum atomic E-state index is 9.44. The number of aromatic hydroxyl groups is 1. The molecule has 0 aliphatic carbocycles. The Kier molecular flexibility index (Phi) is 5.17. The molecular weight excluding hydrogens is 327 g/mol. The van der Waals surface area contributed by atoms with E-state index >= 15 is 0 Å². The summed E-state index contributed by atoms with van der Waals surface area (Å²) in [6.07, 6.45) is 1.53. The van der Waals surface area contributed by atoms with Crippen LogP contribution in [0.1, 0.15) is 5.69 Å². The molecule has 1 heterocycles. The summed E-state index contributed by atoms with van der Waals surface area (Å²) in [6, 6.07) is 10.8. The molecule has 3 aromatic rings. The number of hydrogen-bond donors (Lipinski definition) is 2. The molecule has 0 saturated carbocycles. The summed E-state index contributed by atoms with van der Waals surface area (Å²) in [5.74, 6) is 0.273. The molecule has 0 spiro atoms. The summed E-state index contributed by atoms with van der Waals surface area (Å²) in [5, 5.41) is 12.3. The lowest BCUT2D eigenvalue weighted by Crippen LogP contribution is -1.84. The largest absolute Gasteiger partial charge is 0.507 e. The van der Waals surface area contributed by atoms with Crippen LogP contribution >= 0.6 is 35.4 Å². The molecule has 0 fully saturated rings. The van der Waals surface area contributed by atoms with Gasteiger partial charge in [0.1, 0.15) is 10.4 Å². The van der Waals surface area contributed by atoms with Gasteiger partial charge in [0, 0.05) is 21.5 Å². The molecule has 0 amide bonds. The summed E-state index contributed by atoms with van der Waals surface area (Å²) in [6.45, 7) is 1.85. The van der Waals surface area contributed by atoms with Crippen molar-refractivity contribution in [2.45, 2.75) is 6.92 Å². The summed E-state index contributed by atoms with van der Waals surface area (Å²) in [7, 11) is 0. The molecule has 1 aromatic heterocycles. The van der Waals surface area contributed by atoms with Crippen molar-refractivity contribution in [1.29, 1.82) is 0 Å². The van der Waals surface area contributed by atoms with E-state index < -0.39 is 0 Å². The van der Waals surface area contributed by atoms with Crippen LogP contribution in [0.3, 0.4) is 0 Å². The van der Waals surface area contributed by atoms with Gasteiger partial charge in [-0.3, -0.25) is 0 Å². The fourth-order valence-electron chi connectivity index (χ4n) is 1.71. The number of phenolic OH excluding ortho intramolecular Hbond substituents is 1. The van der Waals surface area contributed by atoms with Crippen LogP contribution in [0.5, 0.6) is 5.75 Å². The number of nitrogens with zero attached hydrogens (tertiary/aromatic N) is 1. The molecular formula is C15H12Cl2N2OS. The van der Waals surface area contributed by atoms with Crippen molar-refractivity contribution in [3.63, 3.8) is 0 Å². The molecule has 2 N–H and O–H groups in total. The van der Waals surface area contributed by atoms with E-state index in [1.807, 2.05) is 31.2 Å². The maximum absolute atomic E-state index is 9.44. The van der Waals surface area contributed by atoms with Crippen molar-refractivity contribution < 1.29 is 5.11 Å². The molecule has 0 bridgehead atoms. The van der Waals surface area contributed by atoms with Crippen LogP contribution in [0.15, 0.2) is 42.7 Å². The smallest absolute Gasteiger partial charge is 0.148 e. The van der Waals surface area contributed by atoms with Crippen molar-refractivity contribution >= 4 is 46.2 Å². The first kappa shape index (κ1) is 15.8. The van der Waals surface area contributed by atoms with Crippen molar-refractivity contribution in [2.75, 3.05) is 0 Å². The van der Waals surface area contributed by atoms with E-state index in [-0.39, 0.29) is 5.75 Å². The van der Waals surface area contributed by atoms with E-state index in [0.717, 1.165) is 16.5 Å². The lowest BCUT2D eigenvalue weighted by molar-refractivity contribution is 0.481. The predicted octanol–water partition coefficient (Wildman–Crippen LogP) is 5.30. The Bertz CT molecular complexity index is 793. The maximum Gasteiger partial charge on any atom is 0.148 e. The number of aromatic amines is 1. The number of fused-ring (bicyclic) bond motifs is 1. The van der Waals surface area contributed by atoms with Gasteiger partial charge in [-0.25, -0.2) is 4.98 Å². The van der Waals surface area contributed by atoms with Gasteiger partial charge in [0.2, 0.25) is 0 Å². The molecule has 0 radical (unpaired) electrons. The Morgan fingerprint density at radius 1 is 1.10 bits per heavy atom. The normalized spacial score (nSPS) is 10.0. The van der Waals surface area contributed by atoms with Gasteiger partial charge in [-0.1, -0.05) is 59.7 Å². The van der Waals surface area contributed by atoms with E-state index in [4.69, 9.17) is 35.4 Å². The lowest BCUT2D eigenvalue weighted by Gasteiger charge is -2.01. The fourth-order valence-corrected chi connectivity index (χ4v) is 2.25. The summed E-state index contributed by atoms with van der Waals surface area (Å²) in [5.41, 5.74) is 0.858. The molecule has 108 valence electrons. The lowest BCUT2D eigenvalue weighted by atomic mass is 10.1. The second-order valence-electron chi connectivity index (χ2n) is 4.26. The van der Waals surface area contributed by atoms with E-state index in [9.17, 15) is 5.11 Å².